The number of amides is 2. The Kier molecular flexibility index (Phi) is 8.72. The number of likely N-dealkylation sites (N-methyl/N-ethyl adjacent to an activating group) is 1. The zero-order chi connectivity index (χ0) is 24.9. The van der Waals surface area contributed by atoms with Gasteiger partial charge in [-0.2, -0.15) is 0 Å². The molecule has 32 heavy (non-hydrogen) atoms. The van der Waals surface area contributed by atoms with Crippen molar-refractivity contribution in [2.75, 3.05) is 14.2 Å². The van der Waals surface area contributed by atoms with E-state index in [1.165, 1.54) is 19.1 Å². The Morgan fingerprint density at radius 2 is 1.41 bits per heavy atom. The van der Waals surface area contributed by atoms with E-state index in [1.807, 2.05) is 38.1 Å². The first-order valence-electron chi connectivity index (χ1n) is 10.6. The average Bonchev–Trinajstić information content (AvgIpc) is 2.63. The van der Waals surface area contributed by atoms with Crippen molar-refractivity contribution in [2.24, 2.45) is 0 Å². The molecule has 2 amide bonds. The highest BCUT2D eigenvalue weighted by Gasteiger charge is 2.43. The van der Waals surface area contributed by atoms with Crippen molar-refractivity contribution in [3.8, 4) is 0 Å². The first-order valence-corrected chi connectivity index (χ1v) is 10.6. The molecule has 0 radical (unpaired) electrons. The van der Waals surface area contributed by atoms with Crippen LogP contribution in [0.25, 0.3) is 0 Å². The van der Waals surface area contributed by atoms with Gasteiger partial charge in [0.05, 0.1) is 7.11 Å². The van der Waals surface area contributed by atoms with E-state index in [0.29, 0.717) is 6.54 Å². The fourth-order valence-electron chi connectivity index (χ4n) is 3.19. The molecule has 1 unspecified atom stereocenters. The molecule has 0 heterocycles. The summed E-state index contributed by atoms with van der Waals surface area (Å²) in [4.78, 5) is 38.4. The first kappa shape index (κ1) is 27.3. The molecule has 1 rings (SSSR count). The fourth-order valence-corrected chi connectivity index (χ4v) is 3.19. The van der Waals surface area contributed by atoms with Crippen molar-refractivity contribution in [3.63, 3.8) is 0 Å². The normalized spacial score (nSPS) is 13.1. The van der Waals surface area contributed by atoms with E-state index >= 15 is 0 Å². The summed E-state index contributed by atoms with van der Waals surface area (Å²) in [6.07, 6.45) is -1.11. The maximum atomic E-state index is 12.7. The summed E-state index contributed by atoms with van der Waals surface area (Å²) in [5.74, 6) is -0.543. The smallest absolute Gasteiger partial charge is 0.410 e. The number of hydrogen-bond donors (Lipinski definition) is 1. The molecule has 8 nitrogen and oxygen atoms in total. The SMILES string of the molecule is COC(=O)C(N(C)C(=O)OC(C)(C)C)C(C)(C)c1ccc(CNC(=O)OC(C)(C)C)cc1. The van der Waals surface area contributed by atoms with Crippen LogP contribution >= 0.6 is 0 Å². The van der Waals surface area contributed by atoms with E-state index in [0.717, 1.165) is 11.1 Å². The molecule has 0 fully saturated rings. The Balaban J connectivity index is 3.04. The van der Waals surface area contributed by atoms with Crippen molar-refractivity contribution in [1.82, 2.24) is 10.2 Å². The molecule has 0 aliphatic carbocycles. The van der Waals surface area contributed by atoms with Gasteiger partial charge in [0.1, 0.15) is 17.2 Å². The van der Waals surface area contributed by atoms with Crippen molar-refractivity contribution >= 4 is 18.2 Å². The van der Waals surface area contributed by atoms with Crippen LogP contribution in [0.5, 0.6) is 0 Å². The number of carbonyl (C=O) groups is 3. The predicted molar refractivity (Wildman–Crippen MR) is 122 cm³/mol. The molecular weight excluding hydrogens is 412 g/mol. The number of esters is 1. The lowest BCUT2D eigenvalue weighted by atomic mass is 9.77. The largest absolute Gasteiger partial charge is 0.467 e. The summed E-state index contributed by atoms with van der Waals surface area (Å²) in [5.41, 5.74) is -0.356. The van der Waals surface area contributed by atoms with E-state index in [1.54, 1.807) is 41.5 Å². The molecule has 0 aliphatic rings. The summed E-state index contributed by atoms with van der Waals surface area (Å²) in [5, 5.41) is 2.71. The number of benzene rings is 1. The van der Waals surface area contributed by atoms with Crippen LogP contribution in [0.15, 0.2) is 24.3 Å². The van der Waals surface area contributed by atoms with E-state index in [9.17, 15) is 14.4 Å². The molecule has 1 N–H and O–H groups in total. The minimum Gasteiger partial charge on any atom is -0.467 e. The van der Waals surface area contributed by atoms with E-state index < -0.39 is 40.8 Å². The molecule has 1 atom stereocenters. The van der Waals surface area contributed by atoms with Gasteiger partial charge in [-0.15, -0.1) is 0 Å². The zero-order valence-corrected chi connectivity index (χ0v) is 21.0. The maximum absolute atomic E-state index is 12.7. The number of nitrogens with zero attached hydrogens (tertiary/aromatic N) is 1. The fraction of sp³-hybridized carbons (Fsp3) is 0.625. The number of hydrogen-bond acceptors (Lipinski definition) is 6. The molecule has 1 aromatic carbocycles. The highest BCUT2D eigenvalue weighted by atomic mass is 16.6. The Morgan fingerprint density at radius 1 is 0.906 bits per heavy atom. The van der Waals surface area contributed by atoms with E-state index in [2.05, 4.69) is 5.32 Å². The van der Waals surface area contributed by atoms with Gasteiger partial charge in [0.2, 0.25) is 0 Å². The summed E-state index contributed by atoms with van der Waals surface area (Å²) in [6.45, 7) is 14.7. The topological polar surface area (TPSA) is 94.2 Å². The van der Waals surface area contributed by atoms with Crippen LogP contribution < -0.4 is 5.32 Å². The third-order valence-corrected chi connectivity index (χ3v) is 4.71. The van der Waals surface area contributed by atoms with Crippen LogP contribution in [-0.2, 0) is 31.0 Å². The maximum Gasteiger partial charge on any atom is 0.410 e. The molecule has 0 saturated heterocycles. The van der Waals surface area contributed by atoms with Crippen LogP contribution in [0, 0.1) is 0 Å². The van der Waals surface area contributed by atoms with Crippen LogP contribution in [0.1, 0.15) is 66.5 Å². The monoisotopic (exact) mass is 450 g/mol. The van der Waals surface area contributed by atoms with Crippen LogP contribution in [0.3, 0.4) is 0 Å². The van der Waals surface area contributed by atoms with Gasteiger partial charge in [0.25, 0.3) is 0 Å². The first-order chi connectivity index (χ1) is 14.5. The second kappa shape index (κ2) is 10.2. The Labute approximate surface area is 191 Å². The van der Waals surface area contributed by atoms with Gasteiger partial charge in [-0.3, -0.25) is 4.90 Å². The summed E-state index contributed by atoms with van der Waals surface area (Å²) >= 11 is 0. The quantitative estimate of drug-likeness (QED) is 0.510. The lowest BCUT2D eigenvalue weighted by Gasteiger charge is -2.39. The van der Waals surface area contributed by atoms with E-state index in [4.69, 9.17) is 14.2 Å². The lowest BCUT2D eigenvalue weighted by molar-refractivity contribution is -0.148. The zero-order valence-electron chi connectivity index (χ0n) is 21.0. The molecular formula is C24H38N2O6. The Hall–Kier alpha value is -2.77. The van der Waals surface area contributed by atoms with Crippen molar-refractivity contribution in [2.45, 2.75) is 84.6 Å². The van der Waals surface area contributed by atoms with Gasteiger partial charge in [-0.1, -0.05) is 38.1 Å². The number of methoxy groups -OCH3 is 1. The minimum atomic E-state index is -0.909. The summed E-state index contributed by atoms with van der Waals surface area (Å²) in [7, 11) is 2.82. The molecule has 1 aromatic rings. The Bertz CT molecular complexity index is 803. The lowest BCUT2D eigenvalue weighted by Crippen LogP contribution is -2.54. The molecule has 8 heteroatoms. The van der Waals surface area contributed by atoms with Crippen molar-refractivity contribution < 1.29 is 28.6 Å². The third-order valence-electron chi connectivity index (χ3n) is 4.71. The molecule has 0 bridgehead atoms. The van der Waals surface area contributed by atoms with Crippen molar-refractivity contribution in [3.05, 3.63) is 35.4 Å². The van der Waals surface area contributed by atoms with Crippen LogP contribution in [0.4, 0.5) is 9.59 Å². The third kappa shape index (κ3) is 8.05. The highest BCUT2D eigenvalue weighted by Crippen LogP contribution is 2.32. The van der Waals surface area contributed by atoms with Crippen LogP contribution in [0.2, 0.25) is 0 Å². The van der Waals surface area contributed by atoms with Gasteiger partial charge in [0.15, 0.2) is 0 Å². The molecule has 180 valence electrons. The minimum absolute atomic E-state index is 0.299. The molecule has 0 spiro atoms. The standard InChI is InChI=1S/C24H38N2O6/c1-22(2,3)31-20(28)25-15-16-11-13-17(14-12-16)24(7,8)18(19(27)30-10)26(9)21(29)32-23(4,5)6/h11-14,18H,15H2,1-10H3,(H,25,28). The van der Waals surface area contributed by atoms with Gasteiger partial charge in [-0.25, -0.2) is 14.4 Å². The number of ether oxygens (including phenoxy) is 3. The number of rotatable bonds is 6. The van der Waals surface area contributed by atoms with Crippen molar-refractivity contribution in [1.29, 1.82) is 0 Å². The average molecular weight is 451 g/mol. The Morgan fingerprint density at radius 3 is 1.84 bits per heavy atom. The highest BCUT2D eigenvalue weighted by molar-refractivity contribution is 5.83. The van der Waals surface area contributed by atoms with Crippen LogP contribution in [-0.4, -0.2) is 54.5 Å². The van der Waals surface area contributed by atoms with Gasteiger partial charge in [-0.05, 0) is 52.7 Å². The number of carbonyl (C=O) groups excluding carboxylic acids is 3. The van der Waals surface area contributed by atoms with Gasteiger partial charge in [0, 0.05) is 19.0 Å². The number of alkyl carbamates (subject to hydrolysis) is 1. The summed E-state index contributed by atoms with van der Waals surface area (Å²) < 4.78 is 15.7. The summed E-state index contributed by atoms with van der Waals surface area (Å²) in [6, 6.07) is 6.54. The van der Waals surface area contributed by atoms with E-state index in [-0.39, 0.29) is 0 Å². The molecule has 0 saturated carbocycles. The van der Waals surface area contributed by atoms with Gasteiger partial charge >= 0.3 is 18.2 Å². The second-order valence-electron chi connectivity index (χ2n) is 10.3. The molecule has 0 aromatic heterocycles. The second-order valence-corrected chi connectivity index (χ2v) is 10.3. The number of nitrogens with one attached hydrogen (secondary N) is 1. The predicted octanol–water partition coefficient (Wildman–Crippen LogP) is 4.40. The van der Waals surface area contributed by atoms with Gasteiger partial charge < -0.3 is 19.5 Å². The molecule has 0 aliphatic heterocycles.